The molecule has 3 rings (SSSR count). The van der Waals surface area contributed by atoms with Gasteiger partial charge in [0.2, 0.25) is 0 Å². The zero-order chi connectivity index (χ0) is 17.6. The van der Waals surface area contributed by atoms with Crippen molar-refractivity contribution in [3.63, 3.8) is 0 Å². The number of carbonyl (C=O) groups excluding carboxylic acids is 1. The van der Waals surface area contributed by atoms with Crippen LogP contribution in [0.2, 0.25) is 0 Å². The summed E-state index contributed by atoms with van der Waals surface area (Å²) in [4.78, 5) is 12.1. The van der Waals surface area contributed by atoms with Gasteiger partial charge < -0.3 is 15.2 Å². The van der Waals surface area contributed by atoms with E-state index in [2.05, 4.69) is 26.6 Å². The fourth-order valence-corrected chi connectivity index (χ4v) is 2.88. The summed E-state index contributed by atoms with van der Waals surface area (Å²) in [7, 11) is 0. The Morgan fingerprint density at radius 1 is 1.08 bits per heavy atom. The van der Waals surface area contributed by atoms with E-state index >= 15 is 0 Å². The summed E-state index contributed by atoms with van der Waals surface area (Å²) in [5.74, 6) is -0.253. The first kappa shape index (κ1) is 17.2. The van der Waals surface area contributed by atoms with Crippen molar-refractivity contribution in [1.82, 2.24) is 9.88 Å². The first-order chi connectivity index (χ1) is 12.1. The predicted octanol–water partition coefficient (Wildman–Crippen LogP) is 4.76. The number of halogens is 2. The molecule has 6 heteroatoms. The molecule has 0 saturated heterocycles. The Morgan fingerprint density at radius 2 is 1.92 bits per heavy atom. The van der Waals surface area contributed by atoms with Crippen LogP contribution < -0.4 is 10.6 Å². The molecule has 1 heterocycles. The molecule has 2 aromatic carbocycles. The van der Waals surface area contributed by atoms with Crippen LogP contribution in [0.1, 0.15) is 11.3 Å². The summed E-state index contributed by atoms with van der Waals surface area (Å²) < 4.78 is 16.1. The van der Waals surface area contributed by atoms with Gasteiger partial charge in [-0.1, -0.05) is 24.3 Å². The van der Waals surface area contributed by atoms with E-state index in [9.17, 15) is 9.18 Å². The molecule has 128 valence electrons. The van der Waals surface area contributed by atoms with Crippen LogP contribution in [0.3, 0.4) is 0 Å². The van der Waals surface area contributed by atoms with Crippen molar-refractivity contribution < 1.29 is 9.18 Å². The monoisotopic (exact) mass is 401 g/mol. The minimum Gasteiger partial charge on any atom is -0.345 e. The van der Waals surface area contributed by atoms with E-state index in [-0.39, 0.29) is 11.8 Å². The fourth-order valence-electron chi connectivity index (χ4n) is 2.50. The molecule has 0 bridgehead atoms. The Labute approximate surface area is 153 Å². The van der Waals surface area contributed by atoms with E-state index in [1.165, 1.54) is 12.1 Å². The molecule has 25 heavy (non-hydrogen) atoms. The van der Waals surface area contributed by atoms with E-state index in [4.69, 9.17) is 0 Å². The second-order valence-electron chi connectivity index (χ2n) is 5.54. The van der Waals surface area contributed by atoms with Gasteiger partial charge in [0.25, 0.3) is 0 Å². The van der Waals surface area contributed by atoms with E-state index < -0.39 is 0 Å². The Hall–Kier alpha value is -2.60. The van der Waals surface area contributed by atoms with Gasteiger partial charge in [-0.25, -0.2) is 9.18 Å². The van der Waals surface area contributed by atoms with E-state index in [0.717, 1.165) is 15.7 Å². The summed E-state index contributed by atoms with van der Waals surface area (Å²) in [6.45, 7) is 0.923. The maximum atomic E-state index is 13.3. The van der Waals surface area contributed by atoms with E-state index in [0.29, 0.717) is 18.8 Å². The van der Waals surface area contributed by atoms with Gasteiger partial charge in [-0.05, 0) is 57.9 Å². The van der Waals surface area contributed by atoms with E-state index in [1.54, 1.807) is 6.07 Å². The average molecular weight is 402 g/mol. The van der Waals surface area contributed by atoms with Crippen LogP contribution in [-0.2, 0) is 13.1 Å². The van der Waals surface area contributed by atoms with Crippen molar-refractivity contribution in [3.05, 3.63) is 88.4 Å². The molecule has 0 aliphatic heterocycles. The van der Waals surface area contributed by atoms with Crippen LogP contribution in [0.25, 0.3) is 0 Å². The van der Waals surface area contributed by atoms with Gasteiger partial charge in [0.05, 0.1) is 12.2 Å². The average Bonchev–Trinajstić information content (AvgIpc) is 3.02. The highest BCUT2D eigenvalue weighted by atomic mass is 79.9. The number of rotatable bonds is 5. The van der Waals surface area contributed by atoms with Crippen LogP contribution in [-0.4, -0.2) is 10.6 Å². The Kier molecular flexibility index (Phi) is 5.50. The maximum absolute atomic E-state index is 13.3. The summed E-state index contributed by atoms with van der Waals surface area (Å²) in [6.07, 6.45) is 1.91. The number of anilines is 1. The summed E-state index contributed by atoms with van der Waals surface area (Å²) in [5, 5.41) is 5.63. The van der Waals surface area contributed by atoms with Crippen molar-refractivity contribution in [2.75, 3.05) is 5.32 Å². The third-order valence-corrected chi connectivity index (χ3v) is 4.41. The van der Waals surface area contributed by atoms with Crippen LogP contribution >= 0.6 is 15.9 Å². The molecule has 0 saturated carbocycles. The molecule has 0 aliphatic rings. The summed E-state index contributed by atoms with van der Waals surface area (Å²) >= 11 is 3.39. The van der Waals surface area contributed by atoms with Crippen molar-refractivity contribution in [2.24, 2.45) is 0 Å². The minimum atomic E-state index is -0.287. The molecule has 2 amide bonds. The van der Waals surface area contributed by atoms with Crippen molar-refractivity contribution in [1.29, 1.82) is 0 Å². The first-order valence-corrected chi connectivity index (χ1v) is 8.59. The number of amides is 2. The third kappa shape index (κ3) is 4.70. The maximum Gasteiger partial charge on any atom is 0.319 e. The lowest BCUT2D eigenvalue weighted by atomic mass is 10.2. The number of nitrogens with zero attached hydrogens (tertiary/aromatic N) is 1. The highest BCUT2D eigenvalue weighted by Crippen LogP contribution is 2.20. The Balaban J connectivity index is 1.60. The molecule has 0 radical (unpaired) electrons. The third-order valence-electron chi connectivity index (χ3n) is 3.72. The van der Waals surface area contributed by atoms with Gasteiger partial charge in [-0.15, -0.1) is 0 Å². The molecule has 0 fully saturated rings. The molecule has 4 nitrogen and oxygen atoms in total. The second kappa shape index (κ2) is 7.98. The number of hydrogen-bond donors (Lipinski definition) is 2. The minimum absolute atomic E-state index is 0.253. The van der Waals surface area contributed by atoms with Crippen LogP contribution in [0.15, 0.2) is 71.3 Å². The van der Waals surface area contributed by atoms with E-state index in [1.807, 2.05) is 53.2 Å². The van der Waals surface area contributed by atoms with Crippen LogP contribution in [0, 0.1) is 5.82 Å². The summed E-state index contributed by atoms with van der Waals surface area (Å²) in [6, 6.07) is 17.5. The molecule has 0 unspecified atom stereocenters. The normalized spacial score (nSPS) is 10.5. The number of benzene rings is 2. The molecule has 0 aliphatic carbocycles. The highest BCUT2D eigenvalue weighted by molar-refractivity contribution is 9.10. The Bertz CT molecular complexity index is 878. The fraction of sp³-hybridized carbons (Fsp3) is 0.105. The van der Waals surface area contributed by atoms with Crippen LogP contribution in [0.5, 0.6) is 0 Å². The number of hydrogen-bond acceptors (Lipinski definition) is 1. The lowest BCUT2D eigenvalue weighted by Crippen LogP contribution is -2.29. The summed E-state index contributed by atoms with van der Waals surface area (Å²) in [5.41, 5.74) is 2.51. The van der Waals surface area contributed by atoms with Crippen molar-refractivity contribution in [3.8, 4) is 0 Å². The largest absolute Gasteiger partial charge is 0.345 e. The molecule has 2 N–H and O–H groups in total. The lowest BCUT2D eigenvalue weighted by molar-refractivity contribution is 0.251. The number of urea groups is 1. The second-order valence-corrected chi connectivity index (χ2v) is 6.40. The molecule has 1 aromatic heterocycles. The van der Waals surface area contributed by atoms with Crippen LogP contribution in [0.4, 0.5) is 14.9 Å². The van der Waals surface area contributed by atoms with Crippen molar-refractivity contribution in [2.45, 2.75) is 13.1 Å². The van der Waals surface area contributed by atoms with Gasteiger partial charge in [0.1, 0.15) is 5.82 Å². The number of para-hydroxylation sites is 1. The zero-order valence-corrected chi connectivity index (χ0v) is 15.0. The van der Waals surface area contributed by atoms with Crippen molar-refractivity contribution >= 4 is 27.6 Å². The smallest absolute Gasteiger partial charge is 0.319 e. The van der Waals surface area contributed by atoms with Gasteiger partial charge in [-0.3, -0.25) is 0 Å². The van der Waals surface area contributed by atoms with Gasteiger partial charge in [-0.2, -0.15) is 0 Å². The van der Waals surface area contributed by atoms with Gasteiger partial charge >= 0.3 is 6.03 Å². The molecule has 0 atom stereocenters. The lowest BCUT2D eigenvalue weighted by Gasteiger charge is -2.12. The number of aromatic nitrogens is 1. The quantitative estimate of drug-likeness (QED) is 0.635. The number of nitrogens with one attached hydrogen (secondary N) is 2. The topological polar surface area (TPSA) is 46.1 Å². The highest BCUT2D eigenvalue weighted by Gasteiger charge is 2.07. The SMILES string of the molecule is O=C(NCc1cccn1Cc1cccc(F)c1)Nc1ccccc1Br. The predicted molar refractivity (Wildman–Crippen MR) is 99.9 cm³/mol. The van der Waals surface area contributed by atoms with Gasteiger partial charge in [0, 0.05) is 22.9 Å². The Morgan fingerprint density at radius 3 is 2.72 bits per heavy atom. The standard InChI is InChI=1S/C19H17BrFN3O/c20-17-8-1-2-9-18(17)23-19(25)22-12-16-7-4-10-24(16)13-14-5-3-6-15(21)11-14/h1-11H,12-13H2,(H2,22,23,25). The number of carbonyl (C=O) groups is 1. The zero-order valence-electron chi connectivity index (χ0n) is 13.4. The van der Waals surface area contributed by atoms with Gasteiger partial charge in [0.15, 0.2) is 0 Å². The molecule has 0 spiro atoms. The first-order valence-electron chi connectivity index (χ1n) is 7.79. The molecular formula is C19H17BrFN3O. The molecule has 3 aromatic rings. The molecular weight excluding hydrogens is 385 g/mol.